The Balaban J connectivity index is 1.24. The van der Waals surface area contributed by atoms with E-state index in [9.17, 15) is 18.7 Å². The molecule has 3 aliphatic rings. The standard InChI is InChI=1S/C26H24Cl2F2N2O3/c27-19-3-1-16(11-21(19)29)17-5-10-32(14-17)25-6-8-26(9-7-25,23(33)13-25)31-24(34)15-35-18-2-4-20(28)22(30)12-18/h1-5,10-12,14,23,33H,6-9,13,15H2,(H,31,34)/t23-,25?,26?/m0/s1. The van der Waals surface area contributed by atoms with Crippen molar-refractivity contribution in [3.8, 4) is 16.9 Å². The SMILES string of the molecule is O=C(COc1ccc(Cl)c(F)c1)NC12CCC(n3ccc(-c4ccc(Cl)c(F)c4)c3)(CC1)C[C@@H]2O. The molecular weight excluding hydrogens is 497 g/mol. The molecule has 0 radical (unpaired) electrons. The fourth-order valence-corrected chi connectivity index (χ4v) is 5.63. The number of rotatable bonds is 6. The highest BCUT2D eigenvalue weighted by Gasteiger charge is 2.55. The van der Waals surface area contributed by atoms with Crippen molar-refractivity contribution >= 4 is 29.1 Å². The molecule has 3 saturated carbocycles. The number of hydrogen-bond donors (Lipinski definition) is 2. The average molecular weight is 521 g/mol. The van der Waals surface area contributed by atoms with Crippen LogP contribution in [0.3, 0.4) is 0 Å². The number of halogens is 4. The number of nitrogens with one attached hydrogen (secondary N) is 1. The van der Waals surface area contributed by atoms with Crippen LogP contribution in [-0.4, -0.2) is 33.8 Å². The van der Waals surface area contributed by atoms with Gasteiger partial charge in [-0.25, -0.2) is 8.78 Å². The normalized spacial score (nSPS) is 25.5. The molecule has 2 aromatic carbocycles. The van der Waals surface area contributed by atoms with E-state index in [1.54, 1.807) is 6.07 Å². The number of aliphatic hydroxyl groups is 1. The summed E-state index contributed by atoms with van der Waals surface area (Å²) in [6.45, 7) is -0.292. The van der Waals surface area contributed by atoms with Crippen LogP contribution < -0.4 is 10.1 Å². The summed E-state index contributed by atoms with van der Waals surface area (Å²) in [6, 6.07) is 10.6. The van der Waals surface area contributed by atoms with Crippen molar-refractivity contribution in [2.45, 2.75) is 49.3 Å². The van der Waals surface area contributed by atoms with Gasteiger partial charge in [-0.1, -0.05) is 29.3 Å². The molecule has 6 rings (SSSR count). The number of carbonyl (C=O) groups excluding carboxylic acids is 1. The monoisotopic (exact) mass is 520 g/mol. The molecule has 9 heteroatoms. The quantitative estimate of drug-likeness (QED) is 0.437. The highest BCUT2D eigenvalue weighted by Crippen LogP contribution is 2.51. The van der Waals surface area contributed by atoms with Gasteiger partial charge >= 0.3 is 0 Å². The van der Waals surface area contributed by atoms with E-state index in [1.165, 1.54) is 24.3 Å². The Hall–Kier alpha value is -2.61. The van der Waals surface area contributed by atoms with Gasteiger partial charge in [0.25, 0.3) is 5.91 Å². The predicted octanol–water partition coefficient (Wildman–Crippen LogP) is 5.71. The molecule has 3 aliphatic carbocycles. The minimum atomic E-state index is -0.735. The summed E-state index contributed by atoms with van der Waals surface area (Å²) in [6.07, 6.45) is 6.46. The average Bonchev–Trinajstić information content (AvgIpc) is 3.34. The Bertz CT molecular complexity index is 1270. The van der Waals surface area contributed by atoms with Crippen LogP contribution in [0.25, 0.3) is 11.1 Å². The van der Waals surface area contributed by atoms with Crippen LogP contribution in [0.15, 0.2) is 54.9 Å². The zero-order valence-electron chi connectivity index (χ0n) is 18.7. The molecule has 0 unspecified atom stereocenters. The molecule has 1 atom stereocenters. The minimum Gasteiger partial charge on any atom is -0.484 e. The summed E-state index contributed by atoms with van der Waals surface area (Å²) in [5.74, 6) is -1.26. The maximum atomic E-state index is 13.9. The number of fused-ring (bicyclic) bond motifs is 3. The highest BCUT2D eigenvalue weighted by atomic mass is 35.5. The van der Waals surface area contributed by atoms with Crippen LogP contribution in [0, 0.1) is 11.6 Å². The van der Waals surface area contributed by atoms with E-state index in [-0.39, 0.29) is 33.8 Å². The fourth-order valence-electron chi connectivity index (χ4n) is 5.39. The molecule has 5 nitrogen and oxygen atoms in total. The number of ether oxygens (including phenoxy) is 1. The first kappa shape index (κ1) is 24.1. The lowest BCUT2D eigenvalue weighted by atomic mass is 9.59. The maximum absolute atomic E-state index is 13.9. The Labute approximate surface area is 211 Å². The molecule has 1 heterocycles. The second-order valence-electron chi connectivity index (χ2n) is 9.45. The van der Waals surface area contributed by atoms with Crippen LogP contribution in [-0.2, 0) is 10.3 Å². The second kappa shape index (κ2) is 9.12. The van der Waals surface area contributed by atoms with E-state index in [2.05, 4.69) is 9.88 Å². The van der Waals surface area contributed by atoms with Crippen molar-refractivity contribution in [2.24, 2.45) is 0 Å². The van der Waals surface area contributed by atoms with E-state index < -0.39 is 23.3 Å². The van der Waals surface area contributed by atoms with Crippen molar-refractivity contribution in [3.63, 3.8) is 0 Å². The molecule has 1 amide bonds. The number of carbonyl (C=O) groups is 1. The van der Waals surface area contributed by atoms with E-state index >= 15 is 0 Å². The second-order valence-corrected chi connectivity index (χ2v) is 10.3. The Morgan fingerprint density at radius 3 is 2.37 bits per heavy atom. The van der Waals surface area contributed by atoms with Crippen LogP contribution in [0.1, 0.15) is 32.1 Å². The summed E-state index contributed by atoms with van der Waals surface area (Å²) < 4.78 is 35.0. The Morgan fingerprint density at radius 2 is 1.71 bits per heavy atom. The molecule has 0 aliphatic heterocycles. The molecule has 2 bridgehead atoms. The Morgan fingerprint density at radius 1 is 1.03 bits per heavy atom. The van der Waals surface area contributed by atoms with Crippen molar-refractivity contribution in [1.29, 1.82) is 0 Å². The van der Waals surface area contributed by atoms with Crippen molar-refractivity contribution in [1.82, 2.24) is 9.88 Å². The summed E-state index contributed by atoms with van der Waals surface area (Å²) in [5.41, 5.74) is 0.613. The van der Waals surface area contributed by atoms with Crippen molar-refractivity contribution in [2.75, 3.05) is 6.61 Å². The van der Waals surface area contributed by atoms with Gasteiger partial charge in [-0.3, -0.25) is 4.79 Å². The van der Waals surface area contributed by atoms with Gasteiger partial charge in [-0.2, -0.15) is 0 Å². The molecule has 3 aromatic rings. The third-order valence-corrected chi connectivity index (χ3v) is 8.04. The molecule has 184 valence electrons. The number of amides is 1. The molecular formula is C26H24Cl2F2N2O3. The predicted molar refractivity (Wildman–Crippen MR) is 130 cm³/mol. The summed E-state index contributed by atoms with van der Waals surface area (Å²) in [4.78, 5) is 12.6. The van der Waals surface area contributed by atoms with Crippen LogP contribution in [0.2, 0.25) is 10.0 Å². The van der Waals surface area contributed by atoms with Gasteiger partial charge in [0.15, 0.2) is 6.61 Å². The van der Waals surface area contributed by atoms with Crippen LogP contribution in [0.4, 0.5) is 8.78 Å². The Kier molecular flexibility index (Phi) is 6.28. The smallest absolute Gasteiger partial charge is 0.258 e. The van der Waals surface area contributed by atoms with Gasteiger partial charge in [-0.05, 0) is 73.6 Å². The summed E-state index contributed by atoms with van der Waals surface area (Å²) in [5, 5.41) is 14.1. The summed E-state index contributed by atoms with van der Waals surface area (Å²) >= 11 is 11.5. The molecule has 1 aromatic heterocycles. The lowest BCUT2D eigenvalue weighted by Crippen LogP contribution is -2.67. The van der Waals surface area contributed by atoms with Gasteiger partial charge in [0.05, 0.1) is 21.7 Å². The molecule has 35 heavy (non-hydrogen) atoms. The van der Waals surface area contributed by atoms with Gasteiger partial charge in [-0.15, -0.1) is 0 Å². The largest absolute Gasteiger partial charge is 0.484 e. The fraction of sp³-hybridized carbons (Fsp3) is 0.346. The molecule has 0 spiro atoms. The van der Waals surface area contributed by atoms with Crippen LogP contribution in [0.5, 0.6) is 5.75 Å². The number of aliphatic hydroxyl groups excluding tert-OH is 1. The first-order valence-corrected chi connectivity index (χ1v) is 12.2. The third-order valence-electron chi connectivity index (χ3n) is 7.43. The lowest BCUT2D eigenvalue weighted by Gasteiger charge is -2.56. The number of benzene rings is 2. The summed E-state index contributed by atoms with van der Waals surface area (Å²) in [7, 11) is 0. The third kappa shape index (κ3) is 4.53. The van der Waals surface area contributed by atoms with Gasteiger partial charge in [0.1, 0.15) is 17.4 Å². The van der Waals surface area contributed by atoms with Gasteiger partial charge in [0, 0.05) is 24.0 Å². The van der Waals surface area contributed by atoms with E-state index in [1.807, 2.05) is 18.5 Å². The number of nitrogens with zero attached hydrogens (tertiary/aromatic N) is 1. The zero-order chi connectivity index (χ0) is 24.8. The maximum Gasteiger partial charge on any atom is 0.258 e. The van der Waals surface area contributed by atoms with E-state index in [0.717, 1.165) is 30.0 Å². The highest BCUT2D eigenvalue weighted by molar-refractivity contribution is 6.31. The zero-order valence-corrected chi connectivity index (χ0v) is 20.3. The van der Waals surface area contributed by atoms with Crippen LogP contribution >= 0.6 is 23.2 Å². The number of hydrogen-bond acceptors (Lipinski definition) is 3. The minimum absolute atomic E-state index is 0.0214. The molecule has 2 N–H and O–H groups in total. The molecule has 0 saturated heterocycles. The van der Waals surface area contributed by atoms with E-state index in [4.69, 9.17) is 27.9 Å². The number of aromatic nitrogens is 1. The van der Waals surface area contributed by atoms with Crippen molar-refractivity contribution in [3.05, 3.63) is 76.5 Å². The lowest BCUT2D eigenvalue weighted by molar-refractivity contribution is -0.134. The first-order chi connectivity index (χ1) is 16.7. The topological polar surface area (TPSA) is 63.5 Å². The van der Waals surface area contributed by atoms with E-state index in [0.29, 0.717) is 19.3 Å². The molecule has 3 fully saturated rings. The van der Waals surface area contributed by atoms with Crippen molar-refractivity contribution < 1.29 is 23.4 Å². The van der Waals surface area contributed by atoms with Gasteiger partial charge in [0.2, 0.25) is 0 Å². The first-order valence-electron chi connectivity index (χ1n) is 11.4. The van der Waals surface area contributed by atoms with Gasteiger partial charge < -0.3 is 19.7 Å².